The molecule has 1 saturated carbocycles. The summed E-state index contributed by atoms with van der Waals surface area (Å²) in [5.41, 5.74) is -0.361. The number of aromatic nitrogens is 2. The highest BCUT2D eigenvalue weighted by Gasteiger charge is 2.50. The van der Waals surface area contributed by atoms with Crippen LogP contribution in [0.25, 0.3) is 10.8 Å². The number of fused-ring (bicyclic) bond motifs is 2. The predicted molar refractivity (Wildman–Crippen MR) is 120 cm³/mol. The van der Waals surface area contributed by atoms with Crippen LogP contribution in [0.5, 0.6) is 5.75 Å². The molecule has 1 N–H and O–H groups in total. The fourth-order valence-corrected chi connectivity index (χ4v) is 5.43. The van der Waals surface area contributed by atoms with E-state index < -0.39 is 5.60 Å². The van der Waals surface area contributed by atoms with E-state index in [0.29, 0.717) is 24.9 Å². The highest BCUT2D eigenvalue weighted by atomic mass is 16.5. The minimum absolute atomic E-state index is 0.0325. The van der Waals surface area contributed by atoms with Crippen LogP contribution in [0.15, 0.2) is 59.5 Å². The van der Waals surface area contributed by atoms with Gasteiger partial charge in [0.2, 0.25) is 5.91 Å². The van der Waals surface area contributed by atoms with Crippen LogP contribution in [-0.2, 0) is 16.9 Å². The van der Waals surface area contributed by atoms with Crippen molar-refractivity contribution in [2.24, 2.45) is 11.8 Å². The topological polar surface area (TPSA) is 84.7 Å². The average molecular weight is 434 g/mol. The normalized spacial score (nSPS) is 25.0. The van der Waals surface area contributed by atoms with E-state index in [0.717, 1.165) is 29.5 Å². The van der Waals surface area contributed by atoms with E-state index in [2.05, 4.69) is 5.10 Å². The summed E-state index contributed by atoms with van der Waals surface area (Å²) >= 11 is 0. The van der Waals surface area contributed by atoms with Crippen LogP contribution >= 0.6 is 0 Å². The molecular weight excluding hydrogens is 406 g/mol. The van der Waals surface area contributed by atoms with E-state index in [9.17, 15) is 14.7 Å². The van der Waals surface area contributed by atoms with Crippen molar-refractivity contribution in [1.82, 2.24) is 14.7 Å². The smallest absolute Gasteiger partial charge is 0.275 e. The van der Waals surface area contributed by atoms with E-state index >= 15 is 0 Å². The van der Waals surface area contributed by atoms with Gasteiger partial charge < -0.3 is 14.7 Å². The Morgan fingerprint density at radius 3 is 2.75 bits per heavy atom. The number of nitrogens with zero attached hydrogens (tertiary/aromatic N) is 3. The number of hydrogen-bond acceptors (Lipinski definition) is 5. The monoisotopic (exact) mass is 433 g/mol. The van der Waals surface area contributed by atoms with Crippen LogP contribution in [0.3, 0.4) is 0 Å². The first-order valence-electron chi connectivity index (χ1n) is 11.1. The summed E-state index contributed by atoms with van der Waals surface area (Å²) in [7, 11) is 1.62. The molecule has 32 heavy (non-hydrogen) atoms. The van der Waals surface area contributed by atoms with Crippen LogP contribution in [0.1, 0.15) is 24.8 Å². The number of ether oxygens (including phenoxy) is 1. The van der Waals surface area contributed by atoms with Crippen molar-refractivity contribution in [3.05, 3.63) is 70.6 Å². The lowest BCUT2D eigenvalue weighted by atomic mass is 9.67. The zero-order chi connectivity index (χ0) is 22.3. The number of carbonyl (C=O) groups is 1. The highest BCUT2D eigenvalue weighted by Crippen LogP contribution is 2.48. The van der Waals surface area contributed by atoms with Gasteiger partial charge >= 0.3 is 0 Å². The summed E-state index contributed by atoms with van der Waals surface area (Å²) in [6.07, 6.45) is 4.20. The minimum atomic E-state index is -0.970. The maximum absolute atomic E-state index is 13.1. The van der Waals surface area contributed by atoms with Gasteiger partial charge in [-0.25, -0.2) is 4.68 Å². The van der Waals surface area contributed by atoms with Crippen molar-refractivity contribution in [1.29, 1.82) is 0 Å². The third-order valence-corrected chi connectivity index (χ3v) is 7.18. The maximum Gasteiger partial charge on any atom is 0.275 e. The van der Waals surface area contributed by atoms with Crippen molar-refractivity contribution in [3.63, 3.8) is 0 Å². The lowest BCUT2D eigenvalue weighted by Crippen LogP contribution is -2.43. The van der Waals surface area contributed by atoms with Gasteiger partial charge in [0, 0.05) is 24.4 Å². The molecule has 0 bridgehead atoms. The minimum Gasteiger partial charge on any atom is -0.497 e. The molecule has 7 nitrogen and oxygen atoms in total. The first-order chi connectivity index (χ1) is 15.5. The van der Waals surface area contributed by atoms with Gasteiger partial charge in [0.15, 0.2) is 0 Å². The molecule has 7 heteroatoms. The third-order valence-electron chi connectivity index (χ3n) is 7.18. The molecule has 1 amide bonds. The SMILES string of the molecule is COc1ccc(C2(O)CCCC3CN(C(=O)Cn4ncc5ccccc5c4=O)CC32)cc1. The van der Waals surface area contributed by atoms with E-state index in [1.165, 1.54) is 4.68 Å². The standard InChI is InChI=1S/C25H27N3O4/c1-32-20-10-8-19(9-11-20)25(31)12-4-6-18-14-27(15-22(18)25)23(29)16-28-24(30)21-7-3-2-5-17(21)13-26-28/h2-3,5,7-11,13,18,22,31H,4,6,12,14-16H2,1H3. The molecule has 0 spiro atoms. The van der Waals surface area contributed by atoms with Gasteiger partial charge in [0.1, 0.15) is 12.3 Å². The zero-order valence-electron chi connectivity index (χ0n) is 18.1. The first kappa shape index (κ1) is 20.7. The molecule has 2 aromatic carbocycles. The van der Waals surface area contributed by atoms with E-state index in [1.807, 2.05) is 36.4 Å². The van der Waals surface area contributed by atoms with Crippen molar-refractivity contribution >= 4 is 16.7 Å². The molecule has 2 aliphatic rings. The number of carbonyl (C=O) groups excluding carboxylic acids is 1. The highest BCUT2D eigenvalue weighted by molar-refractivity contribution is 5.81. The summed E-state index contributed by atoms with van der Waals surface area (Å²) in [5, 5.41) is 17.2. The molecule has 166 valence electrons. The van der Waals surface area contributed by atoms with Gasteiger partial charge in [-0.1, -0.05) is 30.3 Å². The fourth-order valence-electron chi connectivity index (χ4n) is 5.43. The Kier molecular flexibility index (Phi) is 5.21. The summed E-state index contributed by atoms with van der Waals surface area (Å²) in [4.78, 5) is 27.6. The largest absolute Gasteiger partial charge is 0.497 e. The number of hydrogen-bond donors (Lipinski definition) is 1. The Hall–Kier alpha value is -3.19. The Bertz CT molecular complexity index is 1210. The summed E-state index contributed by atoms with van der Waals surface area (Å²) in [6.45, 7) is 0.989. The van der Waals surface area contributed by atoms with Gasteiger partial charge in [0.25, 0.3) is 5.56 Å². The van der Waals surface area contributed by atoms with Gasteiger partial charge in [-0.2, -0.15) is 5.10 Å². The van der Waals surface area contributed by atoms with Crippen LogP contribution in [-0.4, -0.2) is 45.9 Å². The lowest BCUT2D eigenvalue weighted by Gasteiger charge is -2.41. The van der Waals surface area contributed by atoms with Gasteiger partial charge in [0.05, 0.1) is 24.3 Å². The van der Waals surface area contributed by atoms with E-state index in [1.54, 1.807) is 30.3 Å². The molecule has 2 fully saturated rings. The summed E-state index contributed by atoms with van der Waals surface area (Å²) in [5.74, 6) is 0.818. The van der Waals surface area contributed by atoms with Gasteiger partial charge in [-0.05, 0) is 48.9 Å². The molecular formula is C25H27N3O4. The second kappa shape index (κ2) is 8.06. The third kappa shape index (κ3) is 3.46. The number of benzene rings is 2. The quantitative estimate of drug-likeness (QED) is 0.684. The second-order valence-electron chi connectivity index (χ2n) is 8.90. The Labute approximate surface area is 186 Å². The second-order valence-corrected chi connectivity index (χ2v) is 8.90. The molecule has 0 radical (unpaired) electrons. The molecule has 1 aliphatic carbocycles. The average Bonchev–Trinajstić information content (AvgIpc) is 3.27. The molecule has 3 unspecified atom stereocenters. The fraction of sp³-hybridized carbons (Fsp3) is 0.400. The molecule has 3 aromatic rings. The van der Waals surface area contributed by atoms with Gasteiger partial charge in [-0.3, -0.25) is 9.59 Å². The zero-order valence-corrected chi connectivity index (χ0v) is 18.1. The number of rotatable bonds is 4. The molecule has 1 aromatic heterocycles. The Morgan fingerprint density at radius 2 is 1.97 bits per heavy atom. The van der Waals surface area contributed by atoms with Crippen LogP contribution < -0.4 is 10.3 Å². The maximum atomic E-state index is 13.1. The molecule has 2 heterocycles. The molecule has 1 aliphatic heterocycles. The summed E-state index contributed by atoms with van der Waals surface area (Å²) < 4.78 is 6.49. The van der Waals surface area contributed by atoms with E-state index in [4.69, 9.17) is 4.74 Å². The first-order valence-corrected chi connectivity index (χ1v) is 11.1. The predicted octanol–water partition coefficient (Wildman–Crippen LogP) is 2.55. The molecule has 1 saturated heterocycles. The van der Waals surface area contributed by atoms with E-state index in [-0.39, 0.29) is 29.8 Å². The van der Waals surface area contributed by atoms with Crippen molar-refractivity contribution < 1.29 is 14.6 Å². The molecule has 5 rings (SSSR count). The van der Waals surface area contributed by atoms with Crippen LogP contribution in [0.4, 0.5) is 0 Å². The van der Waals surface area contributed by atoms with Crippen LogP contribution in [0.2, 0.25) is 0 Å². The van der Waals surface area contributed by atoms with Crippen molar-refractivity contribution in [2.75, 3.05) is 20.2 Å². The molecule has 3 atom stereocenters. The van der Waals surface area contributed by atoms with Crippen LogP contribution in [0, 0.1) is 11.8 Å². The summed E-state index contributed by atoms with van der Waals surface area (Å²) in [6, 6.07) is 14.8. The lowest BCUT2D eigenvalue weighted by molar-refractivity contribution is -0.131. The Balaban J connectivity index is 1.36. The Morgan fingerprint density at radius 1 is 1.19 bits per heavy atom. The number of likely N-dealkylation sites (tertiary alicyclic amines) is 1. The van der Waals surface area contributed by atoms with Gasteiger partial charge in [-0.15, -0.1) is 0 Å². The number of aliphatic hydroxyl groups is 1. The number of methoxy groups -OCH3 is 1. The van der Waals surface area contributed by atoms with Crippen molar-refractivity contribution in [3.8, 4) is 5.75 Å². The number of amides is 1. The van der Waals surface area contributed by atoms with Crippen molar-refractivity contribution in [2.45, 2.75) is 31.4 Å².